The summed E-state index contributed by atoms with van der Waals surface area (Å²) in [5.74, 6) is -0.252. The van der Waals surface area contributed by atoms with Crippen molar-refractivity contribution >= 4 is 17.5 Å². The lowest BCUT2D eigenvalue weighted by Crippen LogP contribution is -2.43. The number of anilines is 1. The number of rotatable bonds is 5. The first-order valence-electron chi connectivity index (χ1n) is 9.29. The molecule has 3 aromatic rings. The Hall–Kier alpha value is -3.48. The second kappa shape index (κ2) is 8.04. The number of amides is 2. The molecule has 2 amide bonds. The van der Waals surface area contributed by atoms with Crippen molar-refractivity contribution in [1.29, 1.82) is 0 Å². The van der Waals surface area contributed by atoms with Crippen molar-refractivity contribution in [1.82, 2.24) is 19.7 Å². The zero-order chi connectivity index (χ0) is 19.3. The van der Waals surface area contributed by atoms with E-state index < -0.39 is 6.04 Å². The van der Waals surface area contributed by atoms with E-state index in [0.29, 0.717) is 25.1 Å². The highest BCUT2D eigenvalue weighted by atomic mass is 16.2. The summed E-state index contributed by atoms with van der Waals surface area (Å²) in [6, 6.07) is 16.3. The topological polar surface area (TPSA) is 80.1 Å². The van der Waals surface area contributed by atoms with Crippen LogP contribution >= 0.6 is 0 Å². The van der Waals surface area contributed by atoms with Crippen LogP contribution < -0.4 is 5.32 Å². The summed E-state index contributed by atoms with van der Waals surface area (Å²) in [7, 11) is 0. The number of aromatic nitrogens is 3. The van der Waals surface area contributed by atoms with Crippen molar-refractivity contribution in [3.8, 4) is 0 Å². The molecule has 1 aliphatic heterocycles. The van der Waals surface area contributed by atoms with Crippen LogP contribution in [0.3, 0.4) is 0 Å². The van der Waals surface area contributed by atoms with E-state index in [-0.39, 0.29) is 11.8 Å². The van der Waals surface area contributed by atoms with Gasteiger partial charge in [-0.2, -0.15) is 5.10 Å². The Labute approximate surface area is 163 Å². The number of carbonyl (C=O) groups is 2. The van der Waals surface area contributed by atoms with Gasteiger partial charge in [0.25, 0.3) is 5.91 Å². The Morgan fingerprint density at radius 3 is 2.57 bits per heavy atom. The molecule has 1 N–H and O–H groups in total. The normalized spacial score (nSPS) is 16.1. The molecular weight excluding hydrogens is 354 g/mol. The van der Waals surface area contributed by atoms with Crippen molar-refractivity contribution in [2.45, 2.75) is 25.4 Å². The number of para-hydroxylation sites is 1. The largest absolute Gasteiger partial charge is 0.327 e. The molecule has 1 aromatic heterocycles. The van der Waals surface area contributed by atoms with Crippen molar-refractivity contribution < 1.29 is 9.59 Å². The predicted octanol–water partition coefficient (Wildman–Crippen LogP) is 2.57. The zero-order valence-electron chi connectivity index (χ0n) is 15.4. The van der Waals surface area contributed by atoms with Crippen LogP contribution in [0.4, 0.5) is 5.69 Å². The van der Waals surface area contributed by atoms with Gasteiger partial charge in [0, 0.05) is 17.8 Å². The summed E-state index contributed by atoms with van der Waals surface area (Å²) in [6.07, 6.45) is 4.64. The second-order valence-electron chi connectivity index (χ2n) is 6.80. The fraction of sp³-hybridized carbons (Fsp3) is 0.238. The van der Waals surface area contributed by atoms with Gasteiger partial charge in [-0.25, -0.2) is 9.67 Å². The van der Waals surface area contributed by atoms with Gasteiger partial charge in [0.15, 0.2) is 0 Å². The number of hydrogen-bond acceptors (Lipinski definition) is 4. The Kier molecular flexibility index (Phi) is 5.14. The van der Waals surface area contributed by atoms with Crippen LogP contribution in [0.1, 0.15) is 28.8 Å². The SMILES string of the molecule is O=C(Nc1ccccc1)C1CCCN1C(=O)c1ccc(Cn2cncn2)cc1. The monoisotopic (exact) mass is 375 g/mol. The van der Waals surface area contributed by atoms with Crippen molar-refractivity contribution in [3.63, 3.8) is 0 Å². The number of carbonyl (C=O) groups excluding carboxylic acids is 2. The van der Waals surface area contributed by atoms with E-state index in [0.717, 1.165) is 17.7 Å². The minimum Gasteiger partial charge on any atom is -0.327 e. The number of hydrogen-bond donors (Lipinski definition) is 1. The molecule has 28 heavy (non-hydrogen) atoms. The summed E-state index contributed by atoms with van der Waals surface area (Å²) in [4.78, 5) is 31.2. The van der Waals surface area contributed by atoms with Gasteiger partial charge in [0.1, 0.15) is 18.7 Å². The van der Waals surface area contributed by atoms with E-state index in [1.54, 1.807) is 28.0 Å². The molecule has 0 saturated carbocycles. The highest BCUT2D eigenvalue weighted by molar-refractivity contribution is 6.01. The minimum atomic E-state index is -0.442. The Morgan fingerprint density at radius 2 is 1.86 bits per heavy atom. The summed E-state index contributed by atoms with van der Waals surface area (Å²) in [6.45, 7) is 1.19. The van der Waals surface area contributed by atoms with Gasteiger partial charge in [-0.05, 0) is 42.7 Å². The zero-order valence-corrected chi connectivity index (χ0v) is 15.4. The Morgan fingerprint density at radius 1 is 1.07 bits per heavy atom. The maximum atomic E-state index is 13.0. The molecule has 1 aliphatic rings. The van der Waals surface area contributed by atoms with E-state index in [2.05, 4.69) is 15.4 Å². The van der Waals surface area contributed by atoms with Gasteiger partial charge >= 0.3 is 0 Å². The molecule has 0 spiro atoms. The van der Waals surface area contributed by atoms with Crippen LogP contribution in [-0.4, -0.2) is 44.1 Å². The molecule has 0 aliphatic carbocycles. The molecule has 7 nitrogen and oxygen atoms in total. The highest BCUT2D eigenvalue weighted by Crippen LogP contribution is 2.22. The lowest BCUT2D eigenvalue weighted by molar-refractivity contribution is -0.119. The maximum Gasteiger partial charge on any atom is 0.254 e. The smallest absolute Gasteiger partial charge is 0.254 e. The lowest BCUT2D eigenvalue weighted by Gasteiger charge is -2.24. The number of benzene rings is 2. The quantitative estimate of drug-likeness (QED) is 0.743. The first-order chi connectivity index (χ1) is 13.7. The van der Waals surface area contributed by atoms with Crippen LogP contribution in [0.2, 0.25) is 0 Å². The third-order valence-corrected chi connectivity index (χ3v) is 4.87. The lowest BCUT2D eigenvalue weighted by atomic mass is 10.1. The Balaban J connectivity index is 1.43. The highest BCUT2D eigenvalue weighted by Gasteiger charge is 2.34. The first kappa shape index (κ1) is 17.9. The van der Waals surface area contributed by atoms with Gasteiger partial charge in [0.2, 0.25) is 5.91 Å². The maximum absolute atomic E-state index is 13.0. The van der Waals surface area contributed by atoms with E-state index in [1.807, 2.05) is 42.5 Å². The van der Waals surface area contributed by atoms with Crippen LogP contribution in [0.5, 0.6) is 0 Å². The molecule has 1 saturated heterocycles. The van der Waals surface area contributed by atoms with E-state index in [4.69, 9.17) is 0 Å². The van der Waals surface area contributed by atoms with E-state index in [1.165, 1.54) is 6.33 Å². The third-order valence-electron chi connectivity index (χ3n) is 4.87. The van der Waals surface area contributed by atoms with Crippen LogP contribution in [-0.2, 0) is 11.3 Å². The summed E-state index contributed by atoms with van der Waals surface area (Å²) < 4.78 is 1.72. The summed E-state index contributed by atoms with van der Waals surface area (Å²) >= 11 is 0. The first-order valence-corrected chi connectivity index (χ1v) is 9.29. The minimum absolute atomic E-state index is 0.113. The molecule has 1 fully saturated rings. The van der Waals surface area contributed by atoms with Gasteiger partial charge < -0.3 is 10.2 Å². The van der Waals surface area contributed by atoms with Crippen LogP contribution in [0, 0.1) is 0 Å². The number of nitrogens with zero attached hydrogens (tertiary/aromatic N) is 4. The van der Waals surface area contributed by atoms with Gasteiger partial charge in [-0.3, -0.25) is 9.59 Å². The van der Waals surface area contributed by atoms with Gasteiger partial charge in [0.05, 0.1) is 6.54 Å². The predicted molar refractivity (Wildman–Crippen MR) is 105 cm³/mol. The molecule has 0 bridgehead atoms. The van der Waals surface area contributed by atoms with Crippen LogP contribution in [0.25, 0.3) is 0 Å². The fourth-order valence-corrected chi connectivity index (χ4v) is 3.45. The molecule has 142 valence electrons. The molecule has 4 rings (SSSR count). The molecule has 2 heterocycles. The number of nitrogens with one attached hydrogen (secondary N) is 1. The molecule has 7 heteroatoms. The summed E-state index contributed by atoms with van der Waals surface area (Å²) in [5.41, 5.74) is 2.35. The molecule has 0 radical (unpaired) electrons. The number of likely N-dealkylation sites (tertiary alicyclic amines) is 1. The van der Waals surface area contributed by atoms with Gasteiger partial charge in [-0.1, -0.05) is 30.3 Å². The van der Waals surface area contributed by atoms with Crippen molar-refractivity contribution in [3.05, 3.63) is 78.4 Å². The van der Waals surface area contributed by atoms with E-state index in [9.17, 15) is 9.59 Å². The van der Waals surface area contributed by atoms with Crippen molar-refractivity contribution in [2.24, 2.45) is 0 Å². The van der Waals surface area contributed by atoms with Crippen molar-refractivity contribution in [2.75, 3.05) is 11.9 Å². The Bertz CT molecular complexity index is 939. The third kappa shape index (κ3) is 3.93. The molecule has 1 atom stereocenters. The van der Waals surface area contributed by atoms with E-state index >= 15 is 0 Å². The fourth-order valence-electron chi connectivity index (χ4n) is 3.45. The summed E-state index contributed by atoms with van der Waals surface area (Å²) in [5, 5.41) is 6.99. The standard InChI is InChI=1S/C21H21N5O2/c27-20(24-18-5-2-1-3-6-18)19-7-4-12-26(19)21(28)17-10-8-16(9-11-17)13-25-15-22-14-23-25/h1-3,5-6,8-11,14-15,19H,4,7,12-13H2,(H,24,27). The average molecular weight is 375 g/mol. The molecule has 1 unspecified atom stereocenters. The second-order valence-corrected chi connectivity index (χ2v) is 6.80. The average Bonchev–Trinajstić information content (AvgIpc) is 3.41. The molecular formula is C21H21N5O2. The van der Waals surface area contributed by atoms with Crippen LogP contribution in [0.15, 0.2) is 67.3 Å². The van der Waals surface area contributed by atoms with Gasteiger partial charge in [-0.15, -0.1) is 0 Å². The molecule has 2 aromatic carbocycles.